The topological polar surface area (TPSA) is 56.8 Å². The number of carbonyl (C=O) groups is 2. The molecule has 228 valence electrons. The third kappa shape index (κ3) is 6.68. The second-order valence-corrected chi connectivity index (χ2v) is 13.2. The molecule has 0 N–H and O–H groups in total. The molecule has 0 saturated carbocycles. The van der Waals surface area contributed by atoms with Gasteiger partial charge < -0.3 is 14.7 Å². The molecule has 0 unspecified atom stereocenters. The molecule has 3 fully saturated rings. The molecular weight excluding hydrogens is 566 g/mol. The number of hydrogen-bond acceptors (Lipinski definition) is 5. The smallest absolute Gasteiger partial charge is 0.273 e. The molecule has 4 heterocycles. The summed E-state index contributed by atoms with van der Waals surface area (Å²) in [6.07, 6.45) is 7.58. The van der Waals surface area contributed by atoms with E-state index in [1.54, 1.807) is 29.5 Å². The Labute approximate surface area is 256 Å². The van der Waals surface area contributed by atoms with Gasteiger partial charge in [-0.15, -0.1) is 11.3 Å². The highest BCUT2D eigenvalue weighted by Crippen LogP contribution is 2.34. The maximum absolute atomic E-state index is 13.7. The summed E-state index contributed by atoms with van der Waals surface area (Å²) in [7, 11) is 0. The van der Waals surface area contributed by atoms with E-state index in [0.29, 0.717) is 30.4 Å². The lowest BCUT2D eigenvalue weighted by Crippen LogP contribution is -2.48. The van der Waals surface area contributed by atoms with Crippen LogP contribution in [0.1, 0.15) is 89.2 Å². The number of piperidine rings is 3. The van der Waals surface area contributed by atoms with Gasteiger partial charge in [-0.1, -0.05) is 48.9 Å². The van der Waals surface area contributed by atoms with Crippen molar-refractivity contribution in [3.63, 3.8) is 0 Å². The van der Waals surface area contributed by atoms with Gasteiger partial charge in [-0.05, 0) is 68.8 Å². The summed E-state index contributed by atoms with van der Waals surface area (Å²) in [5.74, 6) is -2.70. The Morgan fingerprint density at radius 3 is 2.12 bits per heavy atom. The normalized spacial score (nSPS) is 19.5. The first-order chi connectivity index (χ1) is 20.8. The quantitative estimate of drug-likeness (QED) is 0.302. The van der Waals surface area contributed by atoms with E-state index in [9.17, 15) is 18.4 Å². The van der Waals surface area contributed by atoms with Crippen molar-refractivity contribution in [3.8, 4) is 11.1 Å². The van der Waals surface area contributed by atoms with Gasteiger partial charge in [0.25, 0.3) is 17.7 Å². The summed E-state index contributed by atoms with van der Waals surface area (Å²) in [6.45, 7) is 6.07. The molecule has 6 rings (SSSR count). The van der Waals surface area contributed by atoms with Gasteiger partial charge in [-0.25, -0.2) is 13.8 Å². The van der Waals surface area contributed by atoms with E-state index in [4.69, 9.17) is 4.98 Å². The van der Waals surface area contributed by atoms with Gasteiger partial charge in [0.2, 0.25) is 0 Å². The van der Waals surface area contributed by atoms with Crippen LogP contribution in [0.2, 0.25) is 0 Å². The van der Waals surface area contributed by atoms with Crippen molar-refractivity contribution < 1.29 is 18.4 Å². The molecule has 2 aromatic carbocycles. The van der Waals surface area contributed by atoms with Crippen molar-refractivity contribution >= 4 is 23.2 Å². The van der Waals surface area contributed by atoms with Gasteiger partial charge in [-0.3, -0.25) is 9.59 Å². The van der Waals surface area contributed by atoms with Gasteiger partial charge in [0.1, 0.15) is 5.69 Å². The van der Waals surface area contributed by atoms with Crippen molar-refractivity contribution in [2.45, 2.75) is 69.8 Å². The van der Waals surface area contributed by atoms with Crippen LogP contribution in [0.3, 0.4) is 0 Å². The molecule has 3 aromatic rings. The average Bonchev–Trinajstić information content (AvgIpc) is 3.55. The molecule has 3 aliphatic heterocycles. The Hall–Kier alpha value is -3.17. The first kappa shape index (κ1) is 29.9. The monoisotopic (exact) mass is 606 g/mol. The molecule has 6 nitrogen and oxygen atoms in total. The minimum Gasteiger partial charge on any atom is -0.339 e. The van der Waals surface area contributed by atoms with E-state index in [-0.39, 0.29) is 23.3 Å². The van der Waals surface area contributed by atoms with E-state index in [1.807, 2.05) is 33.4 Å². The van der Waals surface area contributed by atoms with Crippen LogP contribution in [0, 0.1) is 0 Å². The lowest BCUT2D eigenvalue weighted by molar-refractivity contribution is 0.0174. The summed E-state index contributed by atoms with van der Waals surface area (Å²) in [4.78, 5) is 38.1. The SMILES string of the molecule is CC(F)(F)c1ccc(-c2ccccc2C(=O)N2CCC(c3nc(C(=O)N4CCC(N5CCCCC5)CC4)cs3)CC2)cc1. The lowest BCUT2D eigenvalue weighted by atomic mass is 9.94. The molecule has 0 aliphatic carbocycles. The van der Waals surface area contributed by atoms with Gasteiger partial charge in [-0.2, -0.15) is 0 Å². The van der Waals surface area contributed by atoms with Crippen molar-refractivity contribution in [3.05, 3.63) is 75.7 Å². The van der Waals surface area contributed by atoms with E-state index in [0.717, 1.165) is 61.8 Å². The molecular formula is C34H40F2N4O2S. The number of halogens is 2. The number of hydrogen-bond donors (Lipinski definition) is 0. The van der Waals surface area contributed by atoms with Crippen molar-refractivity contribution in [2.75, 3.05) is 39.3 Å². The minimum absolute atomic E-state index is 0.0412. The second kappa shape index (κ2) is 12.8. The predicted molar refractivity (Wildman–Crippen MR) is 166 cm³/mol. The third-order valence-corrected chi connectivity index (χ3v) is 10.4. The minimum atomic E-state index is -2.91. The zero-order valence-corrected chi connectivity index (χ0v) is 25.6. The molecule has 0 spiro atoms. The maximum atomic E-state index is 13.7. The van der Waals surface area contributed by atoms with Crippen LogP contribution in [0.15, 0.2) is 53.9 Å². The number of amides is 2. The number of thiazole rings is 1. The fourth-order valence-corrected chi connectivity index (χ4v) is 7.78. The van der Waals surface area contributed by atoms with Crippen molar-refractivity contribution in [1.82, 2.24) is 19.7 Å². The zero-order valence-electron chi connectivity index (χ0n) is 24.8. The number of rotatable bonds is 6. The number of aromatic nitrogens is 1. The molecule has 2 amide bonds. The fraction of sp³-hybridized carbons (Fsp3) is 0.500. The van der Waals surface area contributed by atoms with E-state index >= 15 is 0 Å². The number of likely N-dealkylation sites (tertiary alicyclic amines) is 3. The Morgan fingerprint density at radius 2 is 1.44 bits per heavy atom. The van der Waals surface area contributed by atoms with Crippen molar-refractivity contribution in [2.24, 2.45) is 0 Å². The first-order valence-electron chi connectivity index (χ1n) is 15.6. The van der Waals surface area contributed by atoms with Crippen LogP contribution in [0.5, 0.6) is 0 Å². The molecule has 43 heavy (non-hydrogen) atoms. The molecule has 3 aliphatic rings. The number of benzene rings is 2. The molecule has 1 aromatic heterocycles. The number of carbonyl (C=O) groups excluding carboxylic acids is 2. The van der Waals surface area contributed by atoms with Crippen LogP contribution in [0.25, 0.3) is 11.1 Å². The number of nitrogens with zero attached hydrogens (tertiary/aromatic N) is 4. The van der Waals surface area contributed by atoms with E-state index in [1.165, 1.54) is 44.5 Å². The Kier molecular flexibility index (Phi) is 8.91. The van der Waals surface area contributed by atoms with Gasteiger partial charge >= 0.3 is 0 Å². The molecule has 0 radical (unpaired) electrons. The standard InChI is InChI=1S/C34H40F2N4O2S/c1-34(35,36)26-11-9-24(10-12-26)28-7-3-4-8-29(28)32(41)39-19-13-25(14-20-39)31-37-30(23-43-31)33(42)40-21-15-27(16-22-40)38-17-5-2-6-18-38/h3-4,7-12,23,25,27H,2,5-6,13-22H2,1H3. The maximum Gasteiger partial charge on any atom is 0.273 e. The van der Waals surface area contributed by atoms with Crippen LogP contribution in [0.4, 0.5) is 8.78 Å². The third-order valence-electron chi connectivity index (χ3n) is 9.39. The van der Waals surface area contributed by atoms with E-state index in [2.05, 4.69) is 4.90 Å². The molecule has 0 bridgehead atoms. The predicted octanol–water partition coefficient (Wildman–Crippen LogP) is 7.03. The largest absolute Gasteiger partial charge is 0.339 e. The summed E-state index contributed by atoms with van der Waals surface area (Å²) >= 11 is 1.56. The summed E-state index contributed by atoms with van der Waals surface area (Å²) in [5.41, 5.74) is 2.55. The van der Waals surface area contributed by atoms with E-state index < -0.39 is 5.92 Å². The highest BCUT2D eigenvalue weighted by Gasteiger charge is 2.31. The highest BCUT2D eigenvalue weighted by atomic mass is 32.1. The van der Waals surface area contributed by atoms with Gasteiger partial charge in [0.15, 0.2) is 0 Å². The first-order valence-corrected chi connectivity index (χ1v) is 16.5. The highest BCUT2D eigenvalue weighted by molar-refractivity contribution is 7.09. The zero-order chi connectivity index (χ0) is 30.0. The summed E-state index contributed by atoms with van der Waals surface area (Å²) < 4.78 is 27.4. The number of alkyl halides is 2. The van der Waals surface area contributed by atoms with Crippen LogP contribution in [-0.2, 0) is 5.92 Å². The summed E-state index contributed by atoms with van der Waals surface area (Å²) in [5, 5.41) is 2.88. The van der Waals surface area contributed by atoms with Crippen molar-refractivity contribution in [1.29, 1.82) is 0 Å². The Morgan fingerprint density at radius 1 is 0.814 bits per heavy atom. The summed E-state index contributed by atoms with van der Waals surface area (Å²) in [6, 6.07) is 14.1. The average molecular weight is 607 g/mol. The Balaban J connectivity index is 1.04. The van der Waals surface area contributed by atoms with Gasteiger partial charge in [0.05, 0.1) is 5.01 Å². The van der Waals surface area contributed by atoms with Crippen LogP contribution < -0.4 is 0 Å². The second-order valence-electron chi connectivity index (χ2n) is 12.3. The van der Waals surface area contributed by atoms with Crippen LogP contribution >= 0.6 is 11.3 Å². The van der Waals surface area contributed by atoms with Crippen LogP contribution in [-0.4, -0.2) is 76.8 Å². The Bertz CT molecular complexity index is 1410. The fourth-order valence-electron chi connectivity index (χ4n) is 6.82. The van der Waals surface area contributed by atoms with Gasteiger partial charge in [0, 0.05) is 61.6 Å². The lowest BCUT2D eigenvalue weighted by Gasteiger charge is -2.40. The molecule has 0 atom stereocenters. The molecule has 3 saturated heterocycles. The molecule has 9 heteroatoms.